The fraction of sp³-hybridized carbons (Fsp3) is 0.409. The van der Waals surface area contributed by atoms with Gasteiger partial charge in [0.25, 0.3) is 5.91 Å². The molecule has 0 N–H and O–H groups in total. The minimum absolute atomic E-state index is 0.0575. The van der Waals surface area contributed by atoms with E-state index >= 15 is 0 Å². The van der Waals surface area contributed by atoms with Crippen LogP contribution in [0.15, 0.2) is 54.6 Å². The number of carbonyl (C=O) groups excluding carboxylic acids is 1. The highest BCUT2D eigenvalue weighted by Gasteiger charge is 2.24. The first-order valence-corrected chi connectivity index (χ1v) is 9.51. The number of benzene rings is 2. The van der Waals surface area contributed by atoms with Crippen LogP contribution >= 0.6 is 0 Å². The van der Waals surface area contributed by atoms with E-state index in [1.54, 1.807) is 7.11 Å². The first-order chi connectivity index (χ1) is 13.2. The fourth-order valence-corrected chi connectivity index (χ4v) is 3.39. The summed E-state index contributed by atoms with van der Waals surface area (Å²) >= 11 is 0. The van der Waals surface area contributed by atoms with Crippen molar-refractivity contribution in [3.63, 3.8) is 0 Å². The van der Waals surface area contributed by atoms with Crippen molar-refractivity contribution in [2.24, 2.45) is 0 Å². The molecule has 5 nitrogen and oxygen atoms in total. The Labute approximate surface area is 161 Å². The normalized spacial score (nSPS) is 16.4. The van der Waals surface area contributed by atoms with Crippen LogP contribution in [0.4, 0.5) is 0 Å². The van der Waals surface area contributed by atoms with E-state index in [2.05, 4.69) is 17.0 Å². The summed E-state index contributed by atoms with van der Waals surface area (Å²) in [6.45, 7) is 6.04. The summed E-state index contributed by atoms with van der Waals surface area (Å²) < 4.78 is 11.1. The van der Waals surface area contributed by atoms with Gasteiger partial charge >= 0.3 is 0 Å². The topological polar surface area (TPSA) is 42.0 Å². The third-order valence-corrected chi connectivity index (χ3v) is 4.84. The molecule has 1 saturated heterocycles. The average Bonchev–Trinajstić information content (AvgIpc) is 2.94. The number of amides is 1. The highest BCUT2D eigenvalue weighted by Crippen LogP contribution is 2.17. The van der Waals surface area contributed by atoms with Gasteiger partial charge in [0.15, 0.2) is 6.10 Å². The predicted molar refractivity (Wildman–Crippen MR) is 106 cm³/mol. The van der Waals surface area contributed by atoms with Gasteiger partial charge in [-0.25, -0.2) is 0 Å². The summed E-state index contributed by atoms with van der Waals surface area (Å²) in [5.74, 6) is 1.67. The Morgan fingerprint density at radius 2 is 1.78 bits per heavy atom. The van der Waals surface area contributed by atoms with Crippen LogP contribution in [0.1, 0.15) is 18.9 Å². The van der Waals surface area contributed by atoms with Gasteiger partial charge in [-0.15, -0.1) is 0 Å². The van der Waals surface area contributed by atoms with Gasteiger partial charge in [0, 0.05) is 32.7 Å². The standard InChI is InChI=1S/C22H28N2O3/c1-18(27-20-9-4-3-5-10-20)22(25)24-13-7-12-23(14-15-24)17-19-8-6-11-21(16-19)26-2/h3-6,8-11,16,18H,7,12-15,17H2,1-2H3. The summed E-state index contributed by atoms with van der Waals surface area (Å²) in [6, 6.07) is 17.7. The van der Waals surface area contributed by atoms with Crippen LogP contribution in [0.5, 0.6) is 11.5 Å². The molecule has 27 heavy (non-hydrogen) atoms. The summed E-state index contributed by atoms with van der Waals surface area (Å²) in [7, 11) is 1.69. The van der Waals surface area contributed by atoms with Gasteiger partial charge < -0.3 is 14.4 Å². The Hall–Kier alpha value is -2.53. The highest BCUT2D eigenvalue weighted by molar-refractivity contribution is 5.81. The van der Waals surface area contributed by atoms with Crippen molar-refractivity contribution in [2.45, 2.75) is 26.0 Å². The molecule has 5 heteroatoms. The number of ether oxygens (including phenoxy) is 2. The fourth-order valence-electron chi connectivity index (χ4n) is 3.39. The molecular weight excluding hydrogens is 340 g/mol. The molecule has 2 aromatic carbocycles. The van der Waals surface area contributed by atoms with Crippen molar-refractivity contribution < 1.29 is 14.3 Å². The molecule has 0 spiro atoms. The highest BCUT2D eigenvalue weighted by atomic mass is 16.5. The van der Waals surface area contributed by atoms with E-state index in [1.165, 1.54) is 5.56 Å². The average molecular weight is 368 g/mol. The van der Waals surface area contributed by atoms with E-state index in [0.29, 0.717) is 0 Å². The Balaban J connectivity index is 1.53. The van der Waals surface area contributed by atoms with Crippen LogP contribution in [0.3, 0.4) is 0 Å². The maximum absolute atomic E-state index is 12.8. The zero-order valence-corrected chi connectivity index (χ0v) is 16.1. The molecular formula is C22H28N2O3. The third-order valence-electron chi connectivity index (χ3n) is 4.84. The lowest BCUT2D eigenvalue weighted by Gasteiger charge is -2.25. The maximum Gasteiger partial charge on any atom is 0.263 e. The van der Waals surface area contributed by atoms with E-state index in [4.69, 9.17) is 9.47 Å². The Bertz CT molecular complexity index is 735. The molecule has 0 aliphatic carbocycles. The summed E-state index contributed by atoms with van der Waals surface area (Å²) in [6.07, 6.45) is 0.491. The molecule has 1 amide bonds. The van der Waals surface area contributed by atoms with Crippen molar-refractivity contribution >= 4 is 5.91 Å². The van der Waals surface area contributed by atoms with E-state index in [9.17, 15) is 4.79 Å². The van der Waals surface area contributed by atoms with E-state index < -0.39 is 6.10 Å². The number of hydrogen-bond donors (Lipinski definition) is 0. The first kappa shape index (κ1) is 19.2. The van der Waals surface area contributed by atoms with Crippen LogP contribution in [0.25, 0.3) is 0 Å². The Morgan fingerprint density at radius 3 is 2.56 bits per heavy atom. The van der Waals surface area contributed by atoms with Crippen LogP contribution in [0.2, 0.25) is 0 Å². The molecule has 1 fully saturated rings. The molecule has 0 aromatic heterocycles. The lowest BCUT2D eigenvalue weighted by molar-refractivity contribution is -0.137. The molecule has 1 aliphatic heterocycles. The van der Waals surface area contributed by atoms with Crippen molar-refractivity contribution in [3.8, 4) is 11.5 Å². The van der Waals surface area contributed by atoms with Crippen LogP contribution in [-0.2, 0) is 11.3 Å². The Morgan fingerprint density at radius 1 is 1.00 bits per heavy atom. The van der Waals surface area contributed by atoms with Crippen molar-refractivity contribution in [2.75, 3.05) is 33.3 Å². The van der Waals surface area contributed by atoms with E-state index in [1.807, 2.05) is 54.3 Å². The molecule has 1 heterocycles. The summed E-state index contributed by atoms with van der Waals surface area (Å²) in [5.41, 5.74) is 1.23. The molecule has 0 saturated carbocycles. The van der Waals surface area contributed by atoms with Crippen LogP contribution in [0, 0.1) is 0 Å². The third kappa shape index (κ3) is 5.47. The zero-order chi connectivity index (χ0) is 19.1. The lowest BCUT2D eigenvalue weighted by atomic mass is 10.2. The number of carbonyl (C=O) groups is 1. The molecule has 1 unspecified atom stereocenters. The summed E-state index contributed by atoms with van der Waals surface area (Å²) in [4.78, 5) is 17.1. The molecule has 0 radical (unpaired) electrons. The predicted octanol–water partition coefficient (Wildman–Crippen LogP) is 3.20. The quantitative estimate of drug-likeness (QED) is 0.785. The van der Waals surface area contributed by atoms with Gasteiger partial charge in [0.1, 0.15) is 11.5 Å². The smallest absolute Gasteiger partial charge is 0.263 e. The minimum Gasteiger partial charge on any atom is -0.497 e. The van der Waals surface area contributed by atoms with Gasteiger partial charge in [-0.2, -0.15) is 0 Å². The molecule has 0 bridgehead atoms. The van der Waals surface area contributed by atoms with Crippen molar-refractivity contribution in [1.29, 1.82) is 0 Å². The number of methoxy groups -OCH3 is 1. The number of nitrogens with zero attached hydrogens (tertiary/aromatic N) is 2. The van der Waals surface area contributed by atoms with Crippen molar-refractivity contribution in [1.82, 2.24) is 9.80 Å². The molecule has 3 rings (SSSR count). The number of hydrogen-bond acceptors (Lipinski definition) is 4. The maximum atomic E-state index is 12.8. The lowest BCUT2D eigenvalue weighted by Crippen LogP contribution is -2.42. The van der Waals surface area contributed by atoms with Gasteiger partial charge in [-0.3, -0.25) is 9.69 Å². The SMILES string of the molecule is COc1cccc(CN2CCCN(C(=O)C(C)Oc3ccccc3)CC2)c1. The largest absolute Gasteiger partial charge is 0.497 e. The van der Waals surface area contributed by atoms with Crippen LogP contribution < -0.4 is 9.47 Å². The Kier molecular flexibility index (Phi) is 6.71. The molecule has 144 valence electrons. The monoisotopic (exact) mass is 368 g/mol. The zero-order valence-electron chi connectivity index (χ0n) is 16.1. The van der Waals surface area contributed by atoms with Crippen LogP contribution in [-0.4, -0.2) is 55.1 Å². The molecule has 2 aromatic rings. The first-order valence-electron chi connectivity index (χ1n) is 9.51. The van der Waals surface area contributed by atoms with E-state index in [-0.39, 0.29) is 5.91 Å². The molecule has 1 aliphatic rings. The second kappa shape index (κ2) is 9.42. The number of rotatable bonds is 6. The van der Waals surface area contributed by atoms with Crippen molar-refractivity contribution in [3.05, 3.63) is 60.2 Å². The van der Waals surface area contributed by atoms with Gasteiger partial charge in [0.2, 0.25) is 0 Å². The van der Waals surface area contributed by atoms with Gasteiger partial charge in [0.05, 0.1) is 7.11 Å². The second-order valence-electron chi connectivity index (χ2n) is 6.88. The minimum atomic E-state index is -0.475. The van der Waals surface area contributed by atoms with Gasteiger partial charge in [-0.05, 0) is 43.2 Å². The number of para-hydroxylation sites is 1. The molecule has 1 atom stereocenters. The summed E-state index contributed by atoms with van der Waals surface area (Å²) in [5, 5.41) is 0. The second-order valence-corrected chi connectivity index (χ2v) is 6.88. The van der Waals surface area contributed by atoms with Gasteiger partial charge in [-0.1, -0.05) is 30.3 Å². The van der Waals surface area contributed by atoms with E-state index in [0.717, 1.165) is 50.6 Å².